The van der Waals surface area contributed by atoms with E-state index in [9.17, 15) is 0 Å². The van der Waals surface area contributed by atoms with E-state index in [0.717, 1.165) is 15.6 Å². The molecule has 0 amide bonds. The molecule has 0 aromatic heterocycles. The van der Waals surface area contributed by atoms with Crippen LogP contribution in [0.3, 0.4) is 0 Å². The van der Waals surface area contributed by atoms with Crippen molar-refractivity contribution in [3.05, 3.63) is 58.1 Å². The summed E-state index contributed by atoms with van der Waals surface area (Å²) in [6, 6.07) is 13.3. The van der Waals surface area contributed by atoms with Gasteiger partial charge in [0.15, 0.2) is 5.11 Å². The lowest BCUT2D eigenvalue weighted by Gasteiger charge is -2.12. The zero-order valence-corrected chi connectivity index (χ0v) is 15.1. The molecule has 0 aliphatic carbocycles. The standard InChI is InChI=1S/C16H16BrN3O2S/c1-21-13-7-11(8-14(9-13)22-2)15(19-20-16(18)23)10-4-3-5-12(17)6-10/h3-9H,1-2H3,(H3,18,20,23). The second-order valence-corrected chi connectivity index (χ2v) is 5.90. The second kappa shape index (κ2) is 7.94. The minimum atomic E-state index is 0.0901. The van der Waals surface area contributed by atoms with Crippen LogP contribution < -0.4 is 20.6 Å². The maximum absolute atomic E-state index is 5.49. The highest BCUT2D eigenvalue weighted by molar-refractivity contribution is 9.10. The van der Waals surface area contributed by atoms with Gasteiger partial charge in [-0.05, 0) is 36.5 Å². The smallest absolute Gasteiger partial charge is 0.184 e. The molecular weight excluding hydrogens is 378 g/mol. The predicted molar refractivity (Wildman–Crippen MR) is 99.2 cm³/mol. The lowest BCUT2D eigenvalue weighted by Crippen LogP contribution is -2.26. The Morgan fingerprint density at radius 3 is 2.26 bits per heavy atom. The van der Waals surface area contributed by atoms with Crippen LogP contribution in [-0.2, 0) is 0 Å². The molecule has 7 heteroatoms. The zero-order chi connectivity index (χ0) is 16.8. The first-order chi connectivity index (χ1) is 11.0. The topological polar surface area (TPSA) is 68.9 Å². The van der Waals surface area contributed by atoms with Crippen molar-refractivity contribution < 1.29 is 9.47 Å². The number of halogens is 1. The average molecular weight is 394 g/mol. The fourth-order valence-electron chi connectivity index (χ4n) is 1.99. The second-order valence-electron chi connectivity index (χ2n) is 4.55. The number of hydrogen-bond acceptors (Lipinski definition) is 4. The number of rotatable bonds is 5. The number of ether oxygens (including phenoxy) is 2. The molecule has 0 saturated carbocycles. The Morgan fingerprint density at radius 2 is 1.74 bits per heavy atom. The van der Waals surface area contributed by atoms with Crippen LogP contribution in [0.4, 0.5) is 0 Å². The number of methoxy groups -OCH3 is 2. The zero-order valence-electron chi connectivity index (χ0n) is 12.7. The molecule has 0 fully saturated rings. The number of hydrogen-bond donors (Lipinski definition) is 2. The van der Waals surface area contributed by atoms with Crippen LogP contribution in [0.2, 0.25) is 0 Å². The number of hydrazone groups is 1. The van der Waals surface area contributed by atoms with Gasteiger partial charge in [-0.15, -0.1) is 0 Å². The maximum Gasteiger partial charge on any atom is 0.184 e. The van der Waals surface area contributed by atoms with Gasteiger partial charge in [0.2, 0.25) is 0 Å². The van der Waals surface area contributed by atoms with Gasteiger partial charge >= 0.3 is 0 Å². The van der Waals surface area contributed by atoms with Gasteiger partial charge in [0.05, 0.1) is 19.9 Å². The van der Waals surface area contributed by atoms with E-state index < -0.39 is 0 Å². The summed E-state index contributed by atoms with van der Waals surface area (Å²) in [5, 5.41) is 4.41. The summed E-state index contributed by atoms with van der Waals surface area (Å²) in [4.78, 5) is 0. The van der Waals surface area contributed by atoms with Crippen molar-refractivity contribution in [2.24, 2.45) is 10.8 Å². The number of benzene rings is 2. The summed E-state index contributed by atoms with van der Waals surface area (Å²) in [5.74, 6) is 1.33. The molecule has 0 atom stereocenters. The molecule has 0 heterocycles. The molecule has 0 unspecified atom stereocenters. The van der Waals surface area contributed by atoms with Gasteiger partial charge in [-0.3, -0.25) is 5.43 Å². The molecule has 0 aliphatic rings. The first-order valence-electron chi connectivity index (χ1n) is 6.66. The van der Waals surface area contributed by atoms with Crippen LogP contribution in [0.1, 0.15) is 11.1 Å². The fraction of sp³-hybridized carbons (Fsp3) is 0.125. The molecule has 2 aromatic carbocycles. The van der Waals surface area contributed by atoms with Crippen molar-refractivity contribution in [1.29, 1.82) is 0 Å². The van der Waals surface area contributed by atoms with Crippen molar-refractivity contribution >= 4 is 39.0 Å². The van der Waals surface area contributed by atoms with Gasteiger partial charge in [-0.1, -0.05) is 28.1 Å². The molecule has 2 rings (SSSR count). The molecule has 23 heavy (non-hydrogen) atoms. The Morgan fingerprint density at radius 1 is 1.09 bits per heavy atom. The van der Waals surface area contributed by atoms with E-state index in [1.54, 1.807) is 20.3 Å². The molecule has 5 nitrogen and oxygen atoms in total. The first kappa shape index (κ1) is 17.2. The van der Waals surface area contributed by atoms with Gasteiger partial charge in [0, 0.05) is 21.7 Å². The molecule has 0 saturated heterocycles. The van der Waals surface area contributed by atoms with Crippen LogP contribution in [-0.4, -0.2) is 25.0 Å². The van der Waals surface area contributed by atoms with Crippen LogP contribution in [0.15, 0.2) is 52.0 Å². The lowest BCUT2D eigenvalue weighted by molar-refractivity contribution is 0.394. The number of nitrogens with zero attached hydrogens (tertiary/aromatic N) is 1. The monoisotopic (exact) mass is 393 g/mol. The summed E-state index contributed by atoms with van der Waals surface area (Å²) >= 11 is 8.30. The Balaban J connectivity index is 2.58. The van der Waals surface area contributed by atoms with E-state index in [0.29, 0.717) is 17.2 Å². The maximum atomic E-state index is 5.49. The molecule has 120 valence electrons. The number of thiocarbonyl (C=S) groups is 1. The average Bonchev–Trinajstić information content (AvgIpc) is 2.54. The quantitative estimate of drug-likeness (QED) is 0.464. The lowest BCUT2D eigenvalue weighted by atomic mass is 10.0. The molecule has 0 bridgehead atoms. The predicted octanol–water partition coefficient (Wildman–Crippen LogP) is 3.05. The molecule has 0 aliphatic heterocycles. The largest absolute Gasteiger partial charge is 0.497 e. The molecule has 3 N–H and O–H groups in total. The van der Waals surface area contributed by atoms with Crippen LogP contribution in [0.5, 0.6) is 11.5 Å². The minimum absolute atomic E-state index is 0.0901. The van der Waals surface area contributed by atoms with Crippen molar-refractivity contribution in [1.82, 2.24) is 5.43 Å². The summed E-state index contributed by atoms with van der Waals surface area (Å²) in [5.41, 5.74) is 10.5. The summed E-state index contributed by atoms with van der Waals surface area (Å²) < 4.78 is 11.6. The third-order valence-electron chi connectivity index (χ3n) is 3.00. The minimum Gasteiger partial charge on any atom is -0.497 e. The van der Waals surface area contributed by atoms with E-state index in [2.05, 4.69) is 26.5 Å². The van der Waals surface area contributed by atoms with E-state index in [1.807, 2.05) is 36.4 Å². The SMILES string of the molecule is COc1cc(OC)cc(C(=NNC(N)=S)c2cccc(Br)c2)c1. The molecule has 0 radical (unpaired) electrons. The third kappa shape index (κ3) is 4.67. The highest BCUT2D eigenvalue weighted by atomic mass is 79.9. The van der Waals surface area contributed by atoms with E-state index in [1.165, 1.54) is 0 Å². The molecule has 0 spiro atoms. The third-order valence-corrected chi connectivity index (χ3v) is 3.59. The van der Waals surface area contributed by atoms with Gasteiger partial charge in [-0.2, -0.15) is 5.10 Å². The first-order valence-corrected chi connectivity index (χ1v) is 7.86. The van der Waals surface area contributed by atoms with Crippen molar-refractivity contribution in [2.75, 3.05) is 14.2 Å². The Labute approximate surface area is 148 Å². The number of nitrogens with one attached hydrogen (secondary N) is 1. The normalized spacial score (nSPS) is 11.0. The van der Waals surface area contributed by atoms with Crippen molar-refractivity contribution in [2.45, 2.75) is 0 Å². The van der Waals surface area contributed by atoms with Gasteiger partial charge in [0.25, 0.3) is 0 Å². The van der Waals surface area contributed by atoms with E-state index in [-0.39, 0.29) is 5.11 Å². The highest BCUT2D eigenvalue weighted by Crippen LogP contribution is 2.25. The summed E-state index contributed by atoms with van der Waals surface area (Å²) in [7, 11) is 3.20. The Bertz CT molecular complexity index is 728. The van der Waals surface area contributed by atoms with E-state index >= 15 is 0 Å². The van der Waals surface area contributed by atoms with Gasteiger partial charge in [0.1, 0.15) is 11.5 Å². The molecular formula is C16H16BrN3O2S. The fourth-order valence-corrected chi connectivity index (χ4v) is 2.43. The van der Waals surface area contributed by atoms with Crippen molar-refractivity contribution in [3.63, 3.8) is 0 Å². The van der Waals surface area contributed by atoms with Crippen molar-refractivity contribution in [3.8, 4) is 11.5 Å². The van der Waals surface area contributed by atoms with Crippen LogP contribution >= 0.6 is 28.1 Å². The Hall–Kier alpha value is -2.12. The van der Waals surface area contributed by atoms with E-state index in [4.69, 9.17) is 27.4 Å². The van der Waals surface area contributed by atoms with Crippen LogP contribution in [0.25, 0.3) is 0 Å². The Kier molecular flexibility index (Phi) is 5.95. The number of nitrogens with two attached hydrogens (primary N) is 1. The highest BCUT2D eigenvalue weighted by Gasteiger charge is 2.12. The van der Waals surface area contributed by atoms with Gasteiger partial charge in [-0.25, -0.2) is 0 Å². The van der Waals surface area contributed by atoms with Gasteiger partial charge < -0.3 is 15.2 Å². The summed E-state index contributed by atoms with van der Waals surface area (Å²) in [6.07, 6.45) is 0. The van der Waals surface area contributed by atoms with Crippen LogP contribution in [0, 0.1) is 0 Å². The summed E-state index contributed by atoms with van der Waals surface area (Å²) in [6.45, 7) is 0. The molecule has 2 aromatic rings.